The van der Waals surface area contributed by atoms with Crippen molar-refractivity contribution < 1.29 is 9.59 Å². The lowest BCUT2D eigenvalue weighted by Crippen LogP contribution is -2.48. The van der Waals surface area contributed by atoms with Crippen LogP contribution in [0.3, 0.4) is 0 Å². The summed E-state index contributed by atoms with van der Waals surface area (Å²) in [5.74, 6) is 0.136. The second-order valence-corrected chi connectivity index (χ2v) is 5.34. The van der Waals surface area contributed by atoms with Crippen LogP contribution in [0.25, 0.3) is 10.8 Å². The minimum absolute atomic E-state index is 0.136. The van der Waals surface area contributed by atoms with Crippen molar-refractivity contribution in [2.75, 3.05) is 26.2 Å². The summed E-state index contributed by atoms with van der Waals surface area (Å²) in [4.78, 5) is 26.7. The SMILES string of the molecule is O=CN1CCN(C(=O)Cc2cccc3ccccc23)CC1. The molecule has 4 heteroatoms. The number of nitrogens with zero attached hydrogens (tertiary/aromatic N) is 2. The van der Waals surface area contributed by atoms with Crippen molar-refractivity contribution in [2.45, 2.75) is 6.42 Å². The minimum atomic E-state index is 0.136. The predicted octanol–water partition coefficient (Wildman–Crippen LogP) is 1.68. The first-order valence-electron chi connectivity index (χ1n) is 7.22. The normalized spacial score (nSPS) is 15.2. The molecule has 21 heavy (non-hydrogen) atoms. The summed E-state index contributed by atoms with van der Waals surface area (Å²) in [5, 5.41) is 2.30. The number of amides is 2. The van der Waals surface area contributed by atoms with E-state index in [1.165, 1.54) is 0 Å². The van der Waals surface area contributed by atoms with Crippen LogP contribution in [0.15, 0.2) is 42.5 Å². The van der Waals surface area contributed by atoms with Gasteiger partial charge in [-0.3, -0.25) is 9.59 Å². The zero-order chi connectivity index (χ0) is 14.7. The molecule has 3 rings (SSSR count). The molecule has 4 nitrogen and oxygen atoms in total. The molecule has 1 heterocycles. The molecule has 0 aliphatic carbocycles. The Kier molecular flexibility index (Phi) is 3.86. The van der Waals surface area contributed by atoms with Gasteiger partial charge in [-0.15, -0.1) is 0 Å². The van der Waals surface area contributed by atoms with Gasteiger partial charge < -0.3 is 9.80 Å². The summed E-state index contributed by atoms with van der Waals surface area (Å²) in [7, 11) is 0. The van der Waals surface area contributed by atoms with Crippen LogP contribution in [-0.2, 0) is 16.0 Å². The smallest absolute Gasteiger partial charge is 0.227 e. The number of carbonyl (C=O) groups excluding carboxylic acids is 2. The van der Waals surface area contributed by atoms with E-state index in [9.17, 15) is 9.59 Å². The van der Waals surface area contributed by atoms with Crippen molar-refractivity contribution in [2.24, 2.45) is 0 Å². The highest BCUT2D eigenvalue weighted by Gasteiger charge is 2.20. The van der Waals surface area contributed by atoms with Gasteiger partial charge in [0.2, 0.25) is 12.3 Å². The number of rotatable bonds is 3. The fourth-order valence-corrected chi connectivity index (χ4v) is 2.80. The lowest BCUT2D eigenvalue weighted by molar-refractivity contribution is -0.134. The summed E-state index contributed by atoms with van der Waals surface area (Å²) in [6, 6.07) is 14.2. The predicted molar refractivity (Wildman–Crippen MR) is 81.9 cm³/mol. The molecule has 108 valence electrons. The van der Waals surface area contributed by atoms with Crippen molar-refractivity contribution >= 4 is 23.1 Å². The molecule has 1 fully saturated rings. The van der Waals surface area contributed by atoms with Crippen molar-refractivity contribution in [3.63, 3.8) is 0 Å². The Hall–Kier alpha value is -2.36. The molecular formula is C17H18N2O2. The molecular weight excluding hydrogens is 264 g/mol. The maximum atomic E-state index is 12.4. The zero-order valence-electron chi connectivity index (χ0n) is 11.9. The average Bonchev–Trinajstić information content (AvgIpc) is 2.55. The van der Waals surface area contributed by atoms with Gasteiger partial charge >= 0.3 is 0 Å². The first kappa shape index (κ1) is 13.6. The zero-order valence-corrected chi connectivity index (χ0v) is 11.9. The summed E-state index contributed by atoms with van der Waals surface area (Å²) in [5.41, 5.74) is 1.07. The van der Waals surface area contributed by atoms with Crippen molar-refractivity contribution in [3.05, 3.63) is 48.0 Å². The highest BCUT2D eigenvalue weighted by Crippen LogP contribution is 2.19. The van der Waals surface area contributed by atoms with E-state index in [1.807, 2.05) is 29.2 Å². The van der Waals surface area contributed by atoms with Crippen LogP contribution in [0.2, 0.25) is 0 Å². The first-order chi connectivity index (χ1) is 10.3. The van der Waals surface area contributed by atoms with E-state index >= 15 is 0 Å². The van der Waals surface area contributed by atoms with Crippen molar-refractivity contribution in [1.29, 1.82) is 0 Å². The summed E-state index contributed by atoms with van der Waals surface area (Å²) in [6.45, 7) is 2.51. The standard InChI is InChI=1S/C17H18N2O2/c20-13-18-8-10-19(11-9-18)17(21)12-15-6-3-5-14-4-1-2-7-16(14)15/h1-7,13H,8-12H2. The summed E-state index contributed by atoms with van der Waals surface area (Å²) in [6.07, 6.45) is 1.27. The van der Waals surface area contributed by atoms with E-state index in [0.717, 1.165) is 22.7 Å². The molecule has 0 atom stereocenters. The molecule has 0 unspecified atom stereocenters. The molecule has 1 aliphatic heterocycles. The van der Waals surface area contributed by atoms with E-state index in [2.05, 4.69) is 18.2 Å². The third-order valence-electron chi connectivity index (χ3n) is 4.04. The van der Waals surface area contributed by atoms with Crippen LogP contribution in [0.5, 0.6) is 0 Å². The highest BCUT2D eigenvalue weighted by atomic mass is 16.2. The fraction of sp³-hybridized carbons (Fsp3) is 0.294. The largest absolute Gasteiger partial charge is 0.342 e. The number of hydrogen-bond acceptors (Lipinski definition) is 2. The second-order valence-electron chi connectivity index (χ2n) is 5.34. The lowest BCUT2D eigenvalue weighted by Gasteiger charge is -2.32. The van der Waals surface area contributed by atoms with E-state index in [0.29, 0.717) is 32.6 Å². The van der Waals surface area contributed by atoms with Crippen molar-refractivity contribution in [3.8, 4) is 0 Å². The minimum Gasteiger partial charge on any atom is -0.342 e. The average molecular weight is 282 g/mol. The van der Waals surface area contributed by atoms with Crippen LogP contribution in [0, 0.1) is 0 Å². The maximum absolute atomic E-state index is 12.4. The molecule has 0 spiro atoms. The van der Waals surface area contributed by atoms with Gasteiger partial charge in [-0.05, 0) is 16.3 Å². The molecule has 1 saturated heterocycles. The molecule has 0 bridgehead atoms. The van der Waals surface area contributed by atoms with Crippen LogP contribution in [0.4, 0.5) is 0 Å². The topological polar surface area (TPSA) is 40.6 Å². The third-order valence-corrected chi connectivity index (χ3v) is 4.04. The van der Waals surface area contributed by atoms with Gasteiger partial charge in [-0.1, -0.05) is 42.5 Å². The first-order valence-corrected chi connectivity index (χ1v) is 7.22. The van der Waals surface area contributed by atoms with E-state index in [1.54, 1.807) is 4.90 Å². The Morgan fingerprint density at radius 1 is 1.00 bits per heavy atom. The Morgan fingerprint density at radius 3 is 2.48 bits per heavy atom. The third kappa shape index (κ3) is 2.89. The summed E-state index contributed by atoms with van der Waals surface area (Å²) < 4.78 is 0. The molecule has 0 N–H and O–H groups in total. The number of piperazine rings is 1. The quantitative estimate of drug-likeness (QED) is 0.804. The second kappa shape index (κ2) is 5.95. The summed E-state index contributed by atoms with van der Waals surface area (Å²) >= 11 is 0. The number of hydrogen-bond donors (Lipinski definition) is 0. The Morgan fingerprint density at radius 2 is 1.71 bits per heavy atom. The van der Waals surface area contributed by atoms with Gasteiger partial charge in [0.1, 0.15) is 0 Å². The van der Waals surface area contributed by atoms with Crippen LogP contribution >= 0.6 is 0 Å². The monoisotopic (exact) mass is 282 g/mol. The highest BCUT2D eigenvalue weighted by molar-refractivity contribution is 5.90. The van der Waals surface area contributed by atoms with Gasteiger partial charge in [0.15, 0.2) is 0 Å². The molecule has 2 amide bonds. The molecule has 0 radical (unpaired) electrons. The van der Waals surface area contributed by atoms with Crippen molar-refractivity contribution in [1.82, 2.24) is 9.80 Å². The van der Waals surface area contributed by atoms with Gasteiger partial charge in [-0.2, -0.15) is 0 Å². The van der Waals surface area contributed by atoms with Gasteiger partial charge in [-0.25, -0.2) is 0 Å². The number of fused-ring (bicyclic) bond motifs is 1. The molecule has 0 aromatic heterocycles. The molecule has 0 saturated carbocycles. The molecule has 1 aliphatic rings. The van der Waals surface area contributed by atoms with E-state index in [4.69, 9.17) is 0 Å². The Labute approximate surface area is 124 Å². The Bertz CT molecular complexity index is 655. The number of benzene rings is 2. The Balaban J connectivity index is 1.73. The van der Waals surface area contributed by atoms with E-state index < -0.39 is 0 Å². The van der Waals surface area contributed by atoms with Gasteiger partial charge in [0, 0.05) is 26.2 Å². The molecule has 2 aromatic carbocycles. The van der Waals surface area contributed by atoms with Crippen LogP contribution in [0.1, 0.15) is 5.56 Å². The van der Waals surface area contributed by atoms with Gasteiger partial charge in [0.25, 0.3) is 0 Å². The lowest BCUT2D eigenvalue weighted by atomic mass is 10.0. The van der Waals surface area contributed by atoms with Crippen LogP contribution < -0.4 is 0 Å². The maximum Gasteiger partial charge on any atom is 0.227 e. The van der Waals surface area contributed by atoms with E-state index in [-0.39, 0.29) is 5.91 Å². The van der Waals surface area contributed by atoms with Gasteiger partial charge in [0.05, 0.1) is 6.42 Å². The fourth-order valence-electron chi connectivity index (χ4n) is 2.80. The molecule has 2 aromatic rings. The van der Waals surface area contributed by atoms with Crippen LogP contribution in [-0.4, -0.2) is 48.3 Å². The number of carbonyl (C=O) groups is 2.